The molecule has 1 saturated heterocycles. The molecule has 4 nitrogen and oxygen atoms in total. The molecule has 0 saturated carbocycles. The fraction of sp³-hybridized carbons (Fsp3) is 1.00. The Bertz CT molecular complexity index is 148. The average molecular weight is 216 g/mol. The van der Waals surface area contributed by atoms with Gasteiger partial charge in [0.2, 0.25) is 0 Å². The maximum Gasteiger partial charge on any atom is 0.0697 e. The van der Waals surface area contributed by atoms with Gasteiger partial charge in [0.05, 0.1) is 13.2 Å². The topological polar surface area (TPSA) is 44.7 Å². The third-order valence-electron chi connectivity index (χ3n) is 2.85. The first-order valence-corrected chi connectivity index (χ1v) is 5.93. The lowest BCUT2D eigenvalue weighted by Gasteiger charge is -2.29. The molecule has 15 heavy (non-hydrogen) atoms. The fourth-order valence-corrected chi connectivity index (χ4v) is 1.86. The average Bonchev–Trinajstić information content (AvgIpc) is 2.26. The summed E-state index contributed by atoms with van der Waals surface area (Å²) in [5, 5.41) is 12.1. The molecule has 1 fully saturated rings. The normalized spacial score (nSPS) is 19.6. The minimum Gasteiger partial charge on any atom is -0.394 e. The van der Waals surface area contributed by atoms with Gasteiger partial charge in [0, 0.05) is 12.6 Å². The van der Waals surface area contributed by atoms with Crippen molar-refractivity contribution in [1.29, 1.82) is 0 Å². The molecule has 2 N–H and O–H groups in total. The van der Waals surface area contributed by atoms with Gasteiger partial charge in [0.25, 0.3) is 0 Å². The van der Waals surface area contributed by atoms with Crippen LogP contribution in [0.15, 0.2) is 0 Å². The van der Waals surface area contributed by atoms with Crippen LogP contribution in [0.4, 0.5) is 0 Å². The monoisotopic (exact) mass is 216 g/mol. The van der Waals surface area contributed by atoms with E-state index in [9.17, 15) is 0 Å². The lowest BCUT2D eigenvalue weighted by atomic mass is 10.1. The van der Waals surface area contributed by atoms with Crippen LogP contribution in [0.3, 0.4) is 0 Å². The van der Waals surface area contributed by atoms with Crippen LogP contribution in [0.1, 0.15) is 19.3 Å². The van der Waals surface area contributed by atoms with Crippen LogP contribution in [-0.4, -0.2) is 62.6 Å². The van der Waals surface area contributed by atoms with E-state index in [4.69, 9.17) is 9.84 Å². The molecule has 1 aliphatic rings. The molecule has 0 aromatic heterocycles. The molecular formula is C11H24N2O2. The third kappa shape index (κ3) is 6.10. The molecule has 1 heterocycles. The van der Waals surface area contributed by atoms with Crippen LogP contribution < -0.4 is 5.32 Å². The number of likely N-dealkylation sites (tertiary alicyclic amines) is 1. The highest BCUT2D eigenvalue weighted by molar-refractivity contribution is 4.75. The second-order valence-corrected chi connectivity index (χ2v) is 4.22. The number of rotatable bonds is 7. The zero-order valence-electron chi connectivity index (χ0n) is 9.74. The summed E-state index contributed by atoms with van der Waals surface area (Å²) in [5.74, 6) is 0. The predicted octanol–water partition coefficient (Wildman–Crippen LogP) is 0.0692. The van der Waals surface area contributed by atoms with E-state index in [1.54, 1.807) is 0 Å². The molecule has 0 aliphatic carbocycles. The molecule has 0 amide bonds. The number of hydrogen-bond acceptors (Lipinski definition) is 4. The van der Waals surface area contributed by atoms with Crippen LogP contribution in [0.2, 0.25) is 0 Å². The number of aliphatic hydroxyl groups excluding tert-OH is 1. The van der Waals surface area contributed by atoms with Crippen LogP contribution in [-0.2, 0) is 4.74 Å². The van der Waals surface area contributed by atoms with Crippen LogP contribution in [0, 0.1) is 0 Å². The highest BCUT2D eigenvalue weighted by Crippen LogP contribution is 2.07. The second kappa shape index (κ2) is 8.05. The van der Waals surface area contributed by atoms with E-state index < -0.39 is 0 Å². The van der Waals surface area contributed by atoms with Gasteiger partial charge in [-0.2, -0.15) is 0 Å². The Hall–Kier alpha value is -0.160. The summed E-state index contributed by atoms with van der Waals surface area (Å²) in [5.41, 5.74) is 0. The van der Waals surface area contributed by atoms with E-state index in [1.165, 1.54) is 25.9 Å². The maximum atomic E-state index is 8.51. The highest BCUT2D eigenvalue weighted by Gasteiger charge is 2.15. The van der Waals surface area contributed by atoms with Crippen molar-refractivity contribution < 1.29 is 9.84 Å². The van der Waals surface area contributed by atoms with Crippen LogP contribution in [0.5, 0.6) is 0 Å². The fourth-order valence-electron chi connectivity index (χ4n) is 1.86. The standard InChI is InChI=1S/C11H24N2O2/c1-13-6-3-11(4-7-13)12-5-2-9-15-10-8-14/h11-12,14H,2-10H2,1H3. The van der Waals surface area contributed by atoms with Crippen molar-refractivity contribution in [3.8, 4) is 0 Å². The summed E-state index contributed by atoms with van der Waals surface area (Å²) in [6.45, 7) is 4.79. The Kier molecular flexibility index (Phi) is 6.92. The van der Waals surface area contributed by atoms with Crippen molar-refractivity contribution in [2.24, 2.45) is 0 Å². The van der Waals surface area contributed by atoms with Crippen LogP contribution >= 0.6 is 0 Å². The maximum absolute atomic E-state index is 8.51. The zero-order valence-corrected chi connectivity index (χ0v) is 9.74. The number of nitrogens with zero attached hydrogens (tertiary/aromatic N) is 1. The SMILES string of the molecule is CN1CCC(NCCCOCCO)CC1. The molecule has 1 rings (SSSR count). The molecule has 0 bridgehead atoms. The largest absolute Gasteiger partial charge is 0.394 e. The van der Waals surface area contributed by atoms with Crippen molar-refractivity contribution in [2.45, 2.75) is 25.3 Å². The summed E-state index contributed by atoms with van der Waals surface area (Å²) in [7, 11) is 2.18. The summed E-state index contributed by atoms with van der Waals surface area (Å²) >= 11 is 0. The number of piperidine rings is 1. The van der Waals surface area contributed by atoms with Gasteiger partial charge < -0.3 is 20.1 Å². The lowest BCUT2D eigenvalue weighted by Crippen LogP contribution is -2.41. The molecule has 4 heteroatoms. The molecule has 0 atom stereocenters. The van der Waals surface area contributed by atoms with Gasteiger partial charge in [-0.3, -0.25) is 0 Å². The van der Waals surface area contributed by atoms with Crippen molar-refractivity contribution in [3.05, 3.63) is 0 Å². The van der Waals surface area contributed by atoms with Gasteiger partial charge in [0.15, 0.2) is 0 Å². The smallest absolute Gasteiger partial charge is 0.0697 e. The first-order chi connectivity index (χ1) is 7.33. The van der Waals surface area contributed by atoms with Gasteiger partial charge in [-0.15, -0.1) is 0 Å². The molecular weight excluding hydrogens is 192 g/mol. The van der Waals surface area contributed by atoms with Gasteiger partial charge in [-0.05, 0) is 45.9 Å². The van der Waals surface area contributed by atoms with Gasteiger partial charge in [-0.1, -0.05) is 0 Å². The minimum atomic E-state index is 0.127. The van der Waals surface area contributed by atoms with Crippen molar-refractivity contribution in [2.75, 3.05) is 46.5 Å². The Balaban J connectivity index is 1.87. The Morgan fingerprint density at radius 3 is 2.73 bits per heavy atom. The van der Waals surface area contributed by atoms with E-state index in [1.807, 2.05) is 0 Å². The Morgan fingerprint density at radius 2 is 2.07 bits per heavy atom. The zero-order chi connectivity index (χ0) is 10.9. The summed E-state index contributed by atoms with van der Waals surface area (Å²) < 4.78 is 5.19. The molecule has 0 aromatic carbocycles. The Morgan fingerprint density at radius 1 is 1.33 bits per heavy atom. The third-order valence-corrected chi connectivity index (χ3v) is 2.85. The molecule has 0 spiro atoms. The van der Waals surface area contributed by atoms with Gasteiger partial charge in [0.1, 0.15) is 0 Å². The number of aliphatic hydroxyl groups is 1. The molecule has 0 unspecified atom stereocenters. The molecule has 90 valence electrons. The van der Waals surface area contributed by atoms with E-state index in [-0.39, 0.29) is 6.61 Å². The summed E-state index contributed by atoms with van der Waals surface area (Å²) in [6.07, 6.45) is 3.55. The molecule has 1 aliphatic heterocycles. The lowest BCUT2D eigenvalue weighted by molar-refractivity contribution is 0.0899. The number of nitrogens with one attached hydrogen (secondary N) is 1. The number of hydrogen-bond donors (Lipinski definition) is 2. The van der Waals surface area contributed by atoms with E-state index in [0.717, 1.165) is 19.6 Å². The Labute approximate surface area is 92.6 Å². The van der Waals surface area contributed by atoms with Crippen molar-refractivity contribution in [1.82, 2.24) is 10.2 Å². The van der Waals surface area contributed by atoms with E-state index >= 15 is 0 Å². The number of ether oxygens (including phenoxy) is 1. The predicted molar refractivity (Wildman–Crippen MR) is 61.0 cm³/mol. The first kappa shape index (κ1) is 12.9. The van der Waals surface area contributed by atoms with Crippen LogP contribution in [0.25, 0.3) is 0 Å². The summed E-state index contributed by atoms with van der Waals surface area (Å²) in [6, 6.07) is 0.694. The van der Waals surface area contributed by atoms with Crippen molar-refractivity contribution in [3.63, 3.8) is 0 Å². The van der Waals surface area contributed by atoms with Gasteiger partial charge in [-0.25, -0.2) is 0 Å². The van der Waals surface area contributed by atoms with Crippen molar-refractivity contribution >= 4 is 0 Å². The van der Waals surface area contributed by atoms with E-state index in [2.05, 4.69) is 17.3 Å². The second-order valence-electron chi connectivity index (χ2n) is 4.22. The van der Waals surface area contributed by atoms with E-state index in [0.29, 0.717) is 12.6 Å². The minimum absolute atomic E-state index is 0.127. The molecule has 0 aromatic rings. The first-order valence-electron chi connectivity index (χ1n) is 5.93. The highest BCUT2D eigenvalue weighted by atomic mass is 16.5. The quantitative estimate of drug-likeness (QED) is 0.591. The summed E-state index contributed by atoms with van der Waals surface area (Å²) in [4.78, 5) is 2.38. The van der Waals surface area contributed by atoms with Gasteiger partial charge >= 0.3 is 0 Å². The molecule has 0 radical (unpaired) electrons.